The number of carboxylic acid groups (broad SMARTS) is 3. The minimum absolute atomic E-state index is 0. The molecule has 2 aromatic rings. The van der Waals surface area contributed by atoms with E-state index in [9.17, 15) is 28.8 Å². The van der Waals surface area contributed by atoms with E-state index in [-0.39, 0.29) is 6.15 Å². The van der Waals surface area contributed by atoms with Crippen molar-refractivity contribution in [3.8, 4) is 11.1 Å². The van der Waals surface area contributed by atoms with Crippen molar-refractivity contribution in [3.63, 3.8) is 0 Å². The van der Waals surface area contributed by atoms with Gasteiger partial charge >= 0.3 is 29.8 Å². The summed E-state index contributed by atoms with van der Waals surface area (Å²) < 4.78 is 4.15. The highest BCUT2D eigenvalue weighted by Crippen LogP contribution is 2.18. The largest absolute Gasteiger partial charge is 0.481 e. The van der Waals surface area contributed by atoms with Gasteiger partial charge in [-0.2, -0.15) is 0 Å². The first-order valence-corrected chi connectivity index (χ1v) is 12.0. The van der Waals surface area contributed by atoms with Gasteiger partial charge in [0, 0.05) is 5.56 Å². The Bertz CT molecular complexity index is 1030. The van der Waals surface area contributed by atoms with E-state index in [1.165, 1.54) is 5.56 Å². The molecule has 0 heterocycles. The van der Waals surface area contributed by atoms with Crippen LogP contribution in [0.4, 0.5) is 0 Å². The smallest absolute Gasteiger partial charge is 0.320 e. The van der Waals surface area contributed by atoms with Crippen molar-refractivity contribution in [1.82, 2.24) is 6.15 Å². The molecule has 0 radical (unpaired) electrons. The van der Waals surface area contributed by atoms with Crippen molar-refractivity contribution in [2.75, 3.05) is 6.54 Å². The molecular formula is C27H37N3O10. The minimum atomic E-state index is -1.18. The lowest BCUT2D eigenvalue weighted by Crippen LogP contribution is -2.29. The van der Waals surface area contributed by atoms with Gasteiger partial charge in [0.25, 0.3) is 0 Å². The molecule has 0 aromatic heterocycles. The van der Waals surface area contributed by atoms with Crippen LogP contribution in [0.1, 0.15) is 55.3 Å². The Kier molecular flexibility index (Phi) is 21.2. The maximum atomic E-state index is 10.7. The van der Waals surface area contributed by atoms with Crippen LogP contribution in [0.3, 0.4) is 0 Å². The average Bonchev–Trinajstić information content (AvgIpc) is 2.92. The highest BCUT2D eigenvalue weighted by molar-refractivity contribution is 5.88. The van der Waals surface area contributed by atoms with E-state index in [1.54, 1.807) is 0 Å². The van der Waals surface area contributed by atoms with Crippen LogP contribution in [0.2, 0.25) is 0 Å². The summed E-state index contributed by atoms with van der Waals surface area (Å²) in [4.78, 5) is 62.2. The maximum Gasteiger partial charge on any atom is 0.320 e. The topological polar surface area (TPSA) is 259 Å². The third kappa shape index (κ3) is 19.6. The van der Waals surface area contributed by atoms with Gasteiger partial charge in [-0.15, -0.1) is 0 Å². The molecule has 0 aliphatic carbocycles. The second kappa shape index (κ2) is 22.5. The maximum absolute atomic E-state index is 10.7. The van der Waals surface area contributed by atoms with Crippen LogP contribution >= 0.6 is 0 Å². The number of ether oxygens (including phenoxy) is 1. The van der Waals surface area contributed by atoms with Crippen LogP contribution < -0.4 is 17.6 Å². The Balaban J connectivity index is 0. The Labute approximate surface area is 231 Å². The molecule has 0 aliphatic rings. The Morgan fingerprint density at radius 3 is 1.62 bits per heavy atom. The molecule has 0 unspecified atom stereocenters. The number of hydrogen-bond acceptors (Lipinski definition) is 10. The first-order valence-electron chi connectivity index (χ1n) is 12.0. The summed E-state index contributed by atoms with van der Waals surface area (Å²) >= 11 is 0. The summed E-state index contributed by atoms with van der Waals surface area (Å²) in [5.41, 5.74) is 13.4. The van der Waals surface area contributed by atoms with E-state index in [0.717, 1.165) is 24.7 Å². The zero-order valence-corrected chi connectivity index (χ0v) is 22.1. The first-order chi connectivity index (χ1) is 18.5. The summed E-state index contributed by atoms with van der Waals surface area (Å²) in [6.07, 6.45) is 1.35. The van der Waals surface area contributed by atoms with Crippen LogP contribution in [0.15, 0.2) is 54.6 Å². The van der Waals surface area contributed by atoms with E-state index in [0.29, 0.717) is 18.5 Å². The number of carbonyl (C=O) groups is 6. The number of carbonyl (C=O) groups excluding carboxylic acids is 3. The van der Waals surface area contributed by atoms with Gasteiger partial charge in [0.2, 0.25) is 0 Å². The Morgan fingerprint density at radius 2 is 1.23 bits per heavy atom. The summed E-state index contributed by atoms with van der Waals surface area (Å²) in [5.74, 6) is -5.22. The number of carboxylic acids is 3. The lowest BCUT2D eigenvalue weighted by atomic mass is 10.0. The molecule has 10 N–H and O–H groups in total. The second-order valence-electron chi connectivity index (χ2n) is 7.97. The van der Waals surface area contributed by atoms with Crippen molar-refractivity contribution in [2.24, 2.45) is 11.5 Å². The van der Waals surface area contributed by atoms with Crippen LogP contribution in [-0.2, 0) is 28.7 Å². The molecule has 0 aliphatic heterocycles. The molecule has 13 heteroatoms. The minimum Gasteiger partial charge on any atom is -0.481 e. The molecule has 0 spiro atoms. The fraction of sp³-hybridized carbons (Fsp3) is 0.333. The van der Waals surface area contributed by atoms with Gasteiger partial charge in [-0.25, -0.2) is 0 Å². The number of aldehydes is 1. The van der Waals surface area contributed by atoms with Gasteiger partial charge in [-0.3, -0.25) is 28.8 Å². The number of unbranched alkanes of at least 4 members (excludes halogenated alkanes) is 1. The van der Waals surface area contributed by atoms with E-state index < -0.39 is 61.6 Å². The quantitative estimate of drug-likeness (QED) is 0.0887. The van der Waals surface area contributed by atoms with E-state index >= 15 is 0 Å². The number of benzene rings is 2. The molecule has 0 bridgehead atoms. The molecule has 0 fully saturated rings. The van der Waals surface area contributed by atoms with Gasteiger partial charge in [-0.05, 0) is 30.5 Å². The van der Waals surface area contributed by atoms with Crippen LogP contribution in [0.25, 0.3) is 11.1 Å². The lowest BCUT2D eigenvalue weighted by molar-refractivity contribution is -0.162. The predicted molar refractivity (Wildman–Crippen MR) is 146 cm³/mol. The van der Waals surface area contributed by atoms with Crippen LogP contribution in [0.5, 0.6) is 0 Å². The van der Waals surface area contributed by atoms with E-state index in [4.69, 9.17) is 26.8 Å². The molecule has 2 aromatic carbocycles. The van der Waals surface area contributed by atoms with Gasteiger partial charge < -0.3 is 37.7 Å². The van der Waals surface area contributed by atoms with Crippen molar-refractivity contribution >= 4 is 36.1 Å². The zero-order valence-electron chi connectivity index (χ0n) is 22.1. The number of esters is 2. The molecular weight excluding hydrogens is 526 g/mol. The lowest BCUT2D eigenvalue weighted by Gasteiger charge is -2.03. The van der Waals surface area contributed by atoms with Crippen molar-refractivity contribution in [3.05, 3.63) is 60.2 Å². The van der Waals surface area contributed by atoms with Crippen LogP contribution in [-0.4, -0.2) is 64.0 Å². The molecule has 13 nitrogen and oxygen atoms in total. The second-order valence-corrected chi connectivity index (χ2v) is 7.97. The standard InChI is InChI=1S/C13H10O.C8H10O7.C6H14N2O2.H3N/c14-10-11-6-8-13(9-7-11)12-4-2-1-3-5-12;9-5(10)1-3-7(13)15-8(14)4-2-6(11)12;7-4-2-1-3-5(8)6(9)10;/h1-10H;1-4H2,(H,9,10)(H,11,12);5H,1-4,7-8H2,(H,9,10);1H3/t;;5-;/m..0./s1. The monoisotopic (exact) mass is 563 g/mol. The highest BCUT2D eigenvalue weighted by Gasteiger charge is 2.13. The van der Waals surface area contributed by atoms with Gasteiger partial charge in [-0.1, -0.05) is 61.0 Å². The number of rotatable bonds is 13. The van der Waals surface area contributed by atoms with E-state index in [1.807, 2.05) is 42.5 Å². The van der Waals surface area contributed by atoms with Gasteiger partial charge in [0.1, 0.15) is 12.3 Å². The molecule has 0 saturated heterocycles. The number of hydrogen-bond donors (Lipinski definition) is 6. The predicted octanol–water partition coefficient (Wildman–Crippen LogP) is 2.64. The molecule has 220 valence electrons. The number of nitrogens with two attached hydrogens (primary N) is 2. The van der Waals surface area contributed by atoms with Crippen LogP contribution in [0, 0.1) is 0 Å². The molecule has 0 amide bonds. The SMILES string of the molecule is N.NCCCC[C@H](N)C(=O)O.O=C(O)CCC(=O)OC(=O)CCC(=O)O.O=Cc1ccc(-c2ccccc2)cc1. The first kappa shape index (κ1) is 37.7. The average molecular weight is 564 g/mol. The third-order valence-corrected chi connectivity index (χ3v) is 4.75. The third-order valence-electron chi connectivity index (χ3n) is 4.75. The zero-order chi connectivity index (χ0) is 29.6. The Hall–Kier alpha value is -4.46. The summed E-state index contributed by atoms with van der Waals surface area (Å²) in [6.45, 7) is 0.604. The molecule has 0 saturated carbocycles. The van der Waals surface area contributed by atoms with Gasteiger partial charge in [0.05, 0.1) is 25.7 Å². The molecule has 1 atom stereocenters. The summed E-state index contributed by atoms with van der Waals surface area (Å²) in [6, 6.07) is 17.0. The van der Waals surface area contributed by atoms with Crippen molar-refractivity contribution < 1.29 is 48.8 Å². The molecule has 40 heavy (non-hydrogen) atoms. The Morgan fingerprint density at radius 1 is 0.750 bits per heavy atom. The fourth-order valence-corrected chi connectivity index (χ4v) is 2.66. The van der Waals surface area contributed by atoms with Crippen molar-refractivity contribution in [2.45, 2.75) is 51.0 Å². The summed E-state index contributed by atoms with van der Waals surface area (Å²) in [5, 5.41) is 24.7. The molecule has 2 rings (SSSR count). The number of aliphatic carboxylic acids is 3. The summed E-state index contributed by atoms with van der Waals surface area (Å²) in [7, 11) is 0. The van der Waals surface area contributed by atoms with Crippen molar-refractivity contribution in [1.29, 1.82) is 0 Å². The normalized spacial score (nSPS) is 10.2. The van der Waals surface area contributed by atoms with Gasteiger partial charge in [0.15, 0.2) is 0 Å². The fourth-order valence-electron chi connectivity index (χ4n) is 2.66. The van der Waals surface area contributed by atoms with E-state index in [2.05, 4.69) is 16.9 Å². The highest BCUT2D eigenvalue weighted by atomic mass is 16.6.